The first kappa shape index (κ1) is 25.4. The van der Waals surface area contributed by atoms with Gasteiger partial charge in [-0.25, -0.2) is 4.39 Å². The summed E-state index contributed by atoms with van der Waals surface area (Å²) < 4.78 is 25.2. The molecule has 2 N–H and O–H groups in total. The van der Waals surface area contributed by atoms with Crippen LogP contribution in [0.2, 0.25) is 0 Å². The van der Waals surface area contributed by atoms with Gasteiger partial charge in [0.05, 0.1) is 7.11 Å². The van der Waals surface area contributed by atoms with Gasteiger partial charge in [0, 0.05) is 44.3 Å². The summed E-state index contributed by atoms with van der Waals surface area (Å²) in [6.07, 6.45) is 1.81. The number of ether oxygens (including phenoxy) is 2. The number of guanidine groups is 1. The third kappa shape index (κ3) is 6.32. The smallest absolute Gasteiger partial charge is 0.191 e. The molecule has 3 rings (SSSR count). The molecule has 0 saturated carbocycles. The van der Waals surface area contributed by atoms with E-state index in [1.807, 2.05) is 12.1 Å². The summed E-state index contributed by atoms with van der Waals surface area (Å²) in [5, 5.41) is 6.77. The molecule has 0 aromatic heterocycles. The molecule has 31 heavy (non-hydrogen) atoms. The molecule has 0 atom stereocenters. The lowest BCUT2D eigenvalue weighted by molar-refractivity contribution is 0.0505. The highest BCUT2D eigenvalue weighted by Crippen LogP contribution is 2.40. The van der Waals surface area contributed by atoms with Gasteiger partial charge >= 0.3 is 0 Å². The highest BCUT2D eigenvalue weighted by molar-refractivity contribution is 14.0. The van der Waals surface area contributed by atoms with Crippen molar-refractivity contribution in [3.8, 4) is 5.75 Å². The largest absolute Gasteiger partial charge is 0.496 e. The Labute approximate surface area is 201 Å². The van der Waals surface area contributed by atoms with Crippen LogP contribution < -0.4 is 15.4 Å². The lowest BCUT2D eigenvalue weighted by Gasteiger charge is -2.39. The molecule has 0 spiro atoms. The number of halogens is 2. The Morgan fingerprint density at radius 1 is 1.13 bits per heavy atom. The van der Waals surface area contributed by atoms with Crippen molar-refractivity contribution in [3.63, 3.8) is 0 Å². The monoisotopic (exact) mass is 541 g/mol. The first-order chi connectivity index (χ1) is 14.5. The number of aliphatic imine (C=N–C) groups is 1. The van der Waals surface area contributed by atoms with Gasteiger partial charge < -0.3 is 20.1 Å². The maximum atomic E-state index is 13.8. The third-order valence-electron chi connectivity index (χ3n) is 5.89. The van der Waals surface area contributed by atoms with Crippen molar-refractivity contribution < 1.29 is 13.9 Å². The Hall–Kier alpha value is -1.87. The standard InChI is InChI=1S/C24H32FN3O2.HI/c1-17-5-8-22(29-4)20(13-17)24(9-11-30-12-10-24)16-28-23(26-3)27-15-19-7-6-18(2)21(25)14-19;/h5-8,13-14H,9-12,15-16H2,1-4H3,(H2,26,27,28);1H. The number of rotatable bonds is 6. The fourth-order valence-electron chi connectivity index (χ4n) is 3.95. The fraction of sp³-hybridized carbons (Fsp3) is 0.458. The van der Waals surface area contributed by atoms with E-state index in [-0.39, 0.29) is 35.2 Å². The van der Waals surface area contributed by atoms with Crippen LogP contribution in [0.3, 0.4) is 0 Å². The predicted octanol–water partition coefficient (Wildman–Crippen LogP) is 4.48. The van der Waals surface area contributed by atoms with Gasteiger partial charge in [-0.05, 0) is 49.9 Å². The molecule has 2 aromatic carbocycles. The van der Waals surface area contributed by atoms with Crippen LogP contribution in [0.15, 0.2) is 41.4 Å². The Morgan fingerprint density at radius 3 is 2.52 bits per heavy atom. The minimum atomic E-state index is -0.190. The second kappa shape index (κ2) is 11.7. The van der Waals surface area contributed by atoms with Crippen LogP contribution in [-0.4, -0.2) is 39.9 Å². The number of nitrogens with zero attached hydrogens (tertiary/aromatic N) is 1. The summed E-state index contributed by atoms with van der Waals surface area (Å²) in [6.45, 7) is 6.50. The van der Waals surface area contributed by atoms with E-state index in [1.54, 1.807) is 33.2 Å². The summed E-state index contributed by atoms with van der Waals surface area (Å²) in [5.41, 5.74) is 3.83. The summed E-state index contributed by atoms with van der Waals surface area (Å²) in [7, 11) is 3.46. The maximum Gasteiger partial charge on any atom is 0.191 e. The zero-order valence-electron chi connectivity index (χ0n) is 18.8. The van der Waals surface area contributed by atoms with E-state index in [1.165, 1.54) is 11.1 Å². The van der Waals surface area contributed by atoms with Crippen molar-refractivity contribution in [2.24, 2.45) is 4.99 Å². The van der Waals surface area contributed by atoms with E-state index in [0.717, 1.165) is 24.2 Å². The van der Waals surface area contributed by atoms with Crippen molar-refractivity contribution >= 4 is 29.9 Å². The Kier molecular flexibility index (Phi) is 9.55. The predicted molar refractivity (Wildman–Crippen MR) is 134 cm³/mol. The third-order valence-corrected chi connectivity index (χ3v) is 5.89. The van der Waals surface area contributed by atoms with Gasteiger partial charge in [0.1, 0.15) is 11.6 Å². The van der Waals surface area contributed by atoms with Gasteiger partial charge in [-0.3, -0.25) is 4.99 Å². The van der Waals surface area contributed by atoms with E-state index in [0.29, 0.717) is 37.8 Å². The number of nitrogens with one attached hydrogen (secondary N) is 2. The van der Waals surface area contributed by atoms with Crippen molar-refractivity contribution in [2.75, 3.05) is 33.9 Å². The molecule has 5 nitrogen and oxygen atoms in total. The molecule has 1 heterocycles. The summed E-state index contributed by atoms with van der Waals surface area (Å²) in [6, 6.07) is 11.6. The second-order valence-electron chi connectivity index (χ2n) is 7.96. The molecule has 1 saturated heterocycles. The van der Waals surface area contributed by atoms with Crippen LogP contribution >= 0.6 is 24.0 Å². The van der Waals surface area contributed by atoms with Gasteiger partial charge in [0.2, 0.25) is 0 Å². The second-order valence-corrected chi connectivity index (χ2v) is 7.96. The number of benzene rings is 2. The highest BCUT2D eigenvalue weighted by atomic mass is 127. The van der Waals surface area contributed by atoms with Crippen LogP contribution in [0, 0.1) is 19.7 Å². The Morgan fingerprint density at radius 2 is 1.87 bits per heavy atom. The SMILES string of the molecule is CN=C(NCc1ccc(C)c(F)c1)NCC1(c2cc(C)ccc2OC)CCOCC1.I. The zero-order valence-corrected chi connectivity index (χ0v) is 21.1. The molecule has 0 bridgehead atoms. The molecule has 0 amide bonds. The van der Waals surface area contributed by atoms with E-state index in [9.17, 15) is 4.39 Å². The average Bonchev–Trinajstić information content (AvgIpc) is 2.77. The topological polar surface area (TPSA) is 54.9 Å². The Balaban J connectivity index is 0.00000341. The van der Waals surface area contributed by atoms with Gasteiger partial charge in [-0.1, -0.05) is 29.8 Å². The lowest BCUT2D eigenvalue weighted by atomic mass is 9.73. The first-order valence-electron chi connectivity index (χ1n) is 10.4. The Bertz CT molecular complexity index is 898. The first-order valence-corrected chi connectivity index (χ1v) is 10.4. The average molecular weight is 541 g/mol. The minimum Gasteiger partial charge on any atom is -0.496 e. The summed E-state index contributed by atoms with van der Waals surface area (Å²) in [5.74, 6) is 1.40. The van der Waals surface area contributed by atoms with Crippen LogP contribution in [0.25, 0.3) is 0 Å². The van der Waals surface area contributed by atoms with Crippen molar-refractivity contribution in [3.05, 3.63) is 64.5 Å². The number of hydrogen-bond acceptors (Lipinski definition) is 3. The van der Waals surface area contributed by atoms with Gasteiger partial charge in [-0.2, -0.15) is 0 Å². The van der Waals surface area contributed by atoms with Crippen LogP contribution in [0.1, 0.15) is 35.1 Å². The van der Waals surface area contributed by atoms with Crippen LogP contribution in [0.4, 0.5) is 4.39 Å². The number of methoxy groups -OCH3 is 1. The molecule has 7 heteroatoms. The molecule has 0 unspecified atom stereocenters. The van der Waals surface area contributed by atoms with Gasteiger partial charge in [0.25, 0.3) is 0 Å². The van der Waals surface area contributed by atoms with Crippen molar-refractivity contribution in [1.82, 2.24) is 10.6 Å². The number of hydrogen-bond donors (Lipinski definition) is 2. The summed E-state index contributed by atoms with van der Waals surface area (Å²) >= 11 is 0. The van der Waals surface area contributed by atoms with Crippen LogP contribution in [-0.2, 0) is 16.7 Å². The molecule has 1 aliphatic heterocycles. The van der Waals surface area contributed by atoms with Gasteiger partial charge in [-0.15, -0.1) is 24.0 Å². The summed E-state index contributed by atoms with van der Waals surface area (Å²) in [4.78, 5) is 4.35. The van der Waals surface area contributed by atoms with Gasteiger partial charge in [0.15, 0.2) is 5.96 Å². The van der Waals surface area contributed by atoms with E-state index in [2.05, 4.69) is 34.7 Å². The highest BCUT2D eigenvalue weighted by Gasteiger charge is 2.37. The van der Waals surface area contributed by atoms with Crippen molar-refractivity contribution in [1.29, 1.82) is 0 Å². The zero-order chi connectivity index (χ0) is 21.6. The maximum absolute atomic E-state index is 13.8. The lowest BCUT2D eigenvalue weighted by Crippen LogP contribution is -2.48. The minimum absolute atomic E-state index is 0. The molecular weight excluding hydrogens is 508 g/mol. The van der Waals surface area contributed by atoms with E-state index >= 15 is 0 Å². The molecule has 0 radical (unpaired) electrons. The number of aryl methyl sites for hydroxylation is 2. The van der Waals surface area contributed by atoms with Crippen LogP contribution in [0.5, 0.6) is 5.75 Å². The molecule has 1 aliphatic rings. The van der Waals surface area contributed by atoms with E-state index < -0.39 is 0 Å². The molecule has 2 aromatic rings. The van der Waals surface area contributed by atoms with E-state index in [4.69, 9.17) is 9.47 Å². The normalized spacial score (nSPS) is 15.7. The molecule has 0 aliphatic carbocycles. The fourth-order valence-corrected chi connectivity index (χ4v) is 3.95. The van der Waals surface area contributed by atoms with Crippen molar-refractivity contribution in [2.45, 2.75) is 38.6 Å². The quantitative estimate of drug-likeness (QED) is 0.322. The molecular formula is C24H33FIN3O2. The molecule has 170 valence electrons. The molecule has 1 fully saturated rings.